The van der Waals surface area contributed by atoms with Crippen molar-refractivity contribution in [3.63, 3.8) is 0 Å². The minimum absolute atomic E-state index is 0.165. The first-order valence-corrected chi connectivity index (χ1v) is 7.10. The van der Waals surface area contributed by atoms with Crippen LogP contribution in [0.25, 0.3) is 33.2 Å². The van der Waals surface area contributed by atoms with E-state index >= 15 is 0 Å². The molecular formula is C15H8N2O3S. The monoisotopic (exact) mass is 296 g/mol. The van der Waals surface area contributed by atoms with Gasteiger partial charge >= 0.3 is 5.63 Å². The molecule has 0 saturated carbocycles. The van der Waals surface area contributed by atoms with Gasteiger partial charge in [0.1, 0.15) is 11.1 Å². The van der Waals surface area contributed by atoms with Crippen LogP contribution >= 0.6 is 11.3 Å². The molecule has 0 aliphatic rings. The van der Waals surface area contributed by atoms with Crippen LogP contribution in [0, 0.1) is 0 Å². The van der Waals surface area contributed by atoms with Crippen LogP contribution in [0.2, 0.25) is 0 Å². The Morgan fingerprint density at radius 2 is 1.81 bits per heavy atom. The van der Waals surface area contributed by atoms with Gasteiger partial charge in [-0.25, -0.2) is 4.79 Å². The van der Waals surface area contributed by atoms with E-state index in [1.165, 1.54) is 11.3 Å². The van der Waals surface area contributed by atoms with Crippen LogP contribution in [0.15, 0.2) is 61.5 Å². The lowest BCUT2D eigenvalue weighted by Crippen LogP contribution is -2.02. The van der Waals surface area contributed by atoms with Crippen LogP contribution in [0.1, 0.15) is 0 Å². The SMILES string of the molecule is O=c1oc2ccccc2cc1-c1nnc(-c2cccs2)o1. The van der Waals surface area contributed by atoms with Gasteiger partial charge in [0.15, 0.2) is 0 Å². The van der Waals surface area contributed by atoms with Crippen molar-refractivity contribution in [3.8, 4) is 22.2 Å². The van der Waals surface area contributed by atoms with Gasteiger partial charge in [0.25, 0.3) is 11.8 Å². The standard InChI is InChI=1S/C15H8N2O3S/c18-15-10(8-9-4-1-2-5-11(9)19-15)13-16-17-14(20-13)12-6-3-7-21-12/h1-8H. The van der Waals surface area contributed by atoms with Gasteiger partial charge in [0.2, 0.25) is 0 Å². The summed E-state index contributed by atoms with van der Waals surface area (Å²) in [6.07, 6.45) is 0. The van der Waals surface area contributed by atoms with Crippen LogP contribution in [-0.2, 0) is 0 Å². The van der Waals surface area contributed by atoms with Crippen molar-refractivity contribution in [3.05, 3.63) is 58.3 Å². The van der Waals surface area contributed by atoms with Crippen molar-refractivity contribution in [2.24, 2.45) is 0 Å². The molecule has 5 nitrogen and oxygen atoms in total. The highest BCUT2D eigenvalue weighted by molar-refractivity contribution is 7.13. The molecule has 0 atom stereocenters. The van der Waals surface area contributed by atoms with E-state index < -0.39 is 5.63 Å². The molecule has 1 aromatic carbocycles. The van der Waals surface area contributed by atoms with Crippen molar-refractivity contribution < 1.29 is 8.83 Å². The number of hydrogen-bond donors (Lipinski definition) is 0. The smallest absolute Gasteiger partial charge is 0.349 e. The normalized spacial score (nSPS) is 11.0. The van der Waals surface area contributed by atoms with Gasteiger partial charge < -0.3 is 8.83 Å². The molecule has 3 heterocycles. The molecule has 6 heteroatoms. The second-order valence-electron chi connectivity index (χ2n) is 4.38. The topological polar surface area (TPSA) is 69.1 Å². The van der Waals surface area contributed by atoms with Gasteiger partial charge in [-0.2, -0.15) is 0 Å². The maximum Gasteiger partial charge on any atom is 0.349 e. The summed E-state index contributed by atoms with van der Waals surface area (Å²) < 4.78 is 10.8. The Bertz CT molecular complexity index is 970. The number of hydrogen-bond acceptors (Lipinski definition) is 6. The lowest BCUT2D eigenvalue weighted by Gasteiger charge is -1.97. The van der Waals surface area contributed by atoms with E-state index in [-0.39, 0.29) is 11.5 Å². The fraction of sp³-hybridized carbons (Fsp3) is 0. The molecule has 0 spiro atoms. The van der Waals surface area contributed by atoms with E-state index in [2.05, 4.69) is 10.2 Å². The summed E-state index contributed by atoms with van der Waals surface area (Å²) in [5, 5.41) is 10.6. The van der Waals surface area contributed by atoms with Crippen molar-refractivity contribution >= 4 is 22.3 Å². The average molecular weight is 296 g/mol. The van der Waals surface area contributed by atoms with Gasteiger partial charge in [-0.05, 0) is 23.6 Å². The molecule has 0 unspecified atom stereocenters. The van der Waals surface area contributed by atoms with Crippen molar-refractivity contribution in [2.45, 2.75) is 0 Å². The molecule has 102 valence electrons. The summed E-state index contributed by atoms with van der Waals surface area (Å²) in [6, 6.07) is 12.8. The van der Waals surface area contributed by atoms with Crippen molar-refractivity contribution in [2.75, 3.05) is 0 Å². The number of fused-ring (bicyclic) bond motifs is 1. The predicted molar refractivity (Wildman–Crippen MR) is 79.1 cm³/mol. The summed E-state index contributed by atoms with van der Waals surface area (Å²) in [4.78, 5) is 12.9. The zero-order valence-electron chi connectivity index (χ0n) is 10.6. The Hall–Kier alpha value is -2.73. The molecule has 0 bridgehead atoms. The van der Waals surface area contributed by atoms with Crippen LogP contribution in [0.4, 0.5) is 0 Å². The van der Waals surface area contributed by atoms with Crippen molar-refractivity contribution in [1.29, 1.82) is 0 Å². The maximum atomic E-state index is 12.0. The van der Waals surface area contributed by atoms with Crippen molar-refractivity contribution in [1.82, 2.24) is 10.2 Å². The third-order valence-corrected chi connectivity index (χ3v) is 3.89. The van der Waals surface area contributed by atoms with Gasteiger partial charge in [-0.1, -0.05) is 24.3 Å². The second-order valence-corrected chi connectivity index (χ2v) is 5.32. The van der Waals surface area contributed by atoms with Gasteiger partial charge in [0, 0.05) is 5.39 Å². The van der Waals surface area contributed by atoms with Crippen LogP contribution in [0.5, 0.6) is 0 Å². The quantitative estimate of drug-likeness (QED) is 0.529. The Kier molecular flexibility index (Phi) is 2.68. The lowest BCUT2D eigenvalue weighted by atomic mass is 10.2. The molecule has 0 aliphatic carbocycles. The summed E-state index contributed by atoms with van der Waals surface area (Å²) in [5.74, 6) is 0.561. The number of nitrogens with zero attached hydrogens (tertiary/aromatic N) is 2. The van der Waals surface area contributed by atoms with E-state index in [4.69, 9.17) is 8.83 Å². The first-order valence-electron chi connectivity index (χ1n) is 6.22. The molecule has 0 saturated heterocycles. The molecule has 21 heavy (non-hydrogen) atoms. The van der Waals surface area contributed by atoms with E-state index in [0.29, 0.717) is 11.5 Å². The Morgan fingerprint density at radius 1 is 0.952 bits per heavy atom. The number of benzene rings is 1. The van der Waals surface area contributed by atoms with Gasteiger partial charge in [-0.15, -0.1) is 21.5 Å². The largest absolute Gasteiger partial charge is 0.422 e. The predicted octanol–water partition coefficient (Wildman–Crippen LogP) is 3.57. The molecule has 0 amide bonds. The number of rotatable bonds is 2. The Labute approximate surface area is 122 Å². The highest BCUT2D eigenvalue weighted by Gasteiger charge is 2.16. The average Bonchev–Trinajstić information content (AvgIpc) is 3.17. The van der Waals surface area contributed by atoms with E-state index in [1.807, 2.05) is 35.7 Å². The highest BCUT2D eigenvalue weighted by Crippen LogP contribution is 2.26. The summed E-state index contributed by atoms with van der Waals surface area (Å²) >= 11 is 1.49. The first kappa shape index (κ1) is 12.0. The first-order chi connectivity index (χ1) is 10.3. The molecule has 4 rings (SSSR count). The zero-order chi connectivity index (χ0) is 14.2. The number of para-hydroxylation sites is 1. The number of thiophene rings is 1. The number of aromatic nitrogens is 2. The van der Waals surface area contributed by atoms with E-state index in [0.717, 1.165) is 10.3 Å². The van der Waals surface area contributed by atoms with Gasteiger partial charge in [0.05, 0.1) is 4.88 Å². The molecule has 3 aromatic heterocycles. The fourth-order valence-electron chi connectivity index (χ4n) is 2.04. The summed E-state index contributed by atoms with van der Waals surface area (Å²) in [7, 11) is 0. The Balaban J connectivity index is 1.87. The minimum atomic E-state index is -0.491. The van der Waals surface area contributed by atoms with E-state index in [1.54, 1.807) is 12.1 Å². The van der Waals surface area contributed by atoms with Crippen LogP contribution in [-0.4, -0.2) is 10.2 Å². The molecule has 4 aromatic rings. The third kappa shape index (κ3) is 2.05. The van der Waals surface area contributed by atoms with Crippen LogP contribution < -0.4 is 5.63 Å². The third-order valence-electron chi connectivity index (χ3n) is 3.03. The lowest BCUT2D eigenvalue weighted by molar-refractivity contribution is 0.547. The molecule has 0 fully saturated rings. The molecule has 0 N–H and O–H groups in total. The van der Waals surface area contributed by atoms with Crippen LogP contribution in [0.3, 0.4) is 0 Å². The van der Waals surface area contributed by atoms with E-state index in [9.17, 15) is 4.79 Å². The maximum absolute atomic E-state index is 12.0. The molecule has 0 radical (unpaired) electrons. The second kappa shape index (κ2) is 4.68. The summed E-state index contributed by atoms with van der Waals surface area (Å²) in [5.41, 5.74) is 0.309. The summed E-state index contributed by atoms with van der Waals surface area (Å²) in [6.45, 7) is 0. The zero-order valence-corrected chi connectivity index (χ0v) is 11.5. The highest BCUT2D eigenvalue weighted by atomic mass is 32.1. The van der Waals surface area contributed by atoms with Gasteiger partial charge in [-0.3, -0.25) is 0 Å². The molecular weight excluding hydrogens is 288 g/mol. The minimum Gasteiger partial charge on any atom is -0.422 e. The Morgan fingerprint density at radius 3 is 2.67 bits per heavy atom. The molecule has 0 aliphatic heterocycles. The fourth-order valence-corrected chi connectivity index (χ4v) is 2.69.